The lowest BCUT2D eigenvalue weighted by Crippen LogP contribution is -2.12. The van der Waals surface area contributed by atoms with Crippen LogP contribution in [0.2, 0.25) is 0 Å². The average molecular weight is 263 g/mol. The van der Waals surface area contributed by atoms with Crippen LogP contribution in [0.25, 0.3) is 0 Å². The van der Waals surface area contributed by atoms with E-state index in [1.165, 1.54) is 12.1 Å². The van der Waals surface area contributed by atoms with Gasteiger partial charge in [0.15, 0.2) is 0 Å². The number of aromatic hydroxyl groups is 1. The third kappa shape index (κ3) is 2.65. The van der Waals surface area contributed by atoms with Gasteiger partial charge in [0.1, 0.15) is 10.6 Å². The minimum Gasteiger partial charge on any atom is -0.508 e. The summed E-state index contributed by atoms with van der Waals surface area (Å²) in [4.78, 5) is 12.6. The number of rotatable bonds is 3. The van der Waals surface area contributed by atoms with Crippen molar-refractivity contribution in [1.29, 1.82) is 0 Å². The number of nitrogens with one attached hydrogen (secondary N) is 1. The molecular formula is C12H13N3O2S. The molecule has 5 nitrogen and oxygen atoms in total. The Labute approximate surface area is 109 Å². The number of benzene rings is 1. The van der Waals surface area contributed by atoms with Crippen molar-refractivity contribution >= 4 is 23.1 Å². The van der Waals surface area contributed by atoms with Gasteiger partial charge in [-0.2, -0.15) is 0 Å². The molecule has 18 heavy (non-hydrogen) atoms. The van der Waals surface area contributed by atoms with Gasteiger partial charge in [-0.15, -0.1) is 5.10 Å². The minimum atomic E-state index is -0.223. The van der Waals surface area contributed by atoms with E-state index in [1.807, 2.05) is 13.8 Å². The second-order valence-electron chi connectivity index (χ2n) is 4.14. The summed E-state index contributed by atoms with van der Waals surface area (Å²) in [5, 5.41) is 15.9. The number of nitrogens with zero attached hydrogens (tertiary/aromatic N) is 2. The van der Waals surface area contributed by atoms with Crippen LogP contribution in [0.5, 0.6) is 5.75 Å². The Hall–Kier alpha value is -1.95. The van der Waals surface area contributed by atoms with Gasteiger partial charge in [0.2, 0.25) is 0 Å². The SMILES string of the molecule is CC(C)c1nnsc1C(=O)Nc1ccc(O)cc1. The molecule has 6 heteroatoms. The molecule has 1 amide bonds. The maximum Gasteiger partial charge on any atom is 0.269 e. The van der Waals surface area contributed by atoms with E-state index < -0.39 is 0 Å². The van der Waals surface area contributed by atoms with Gasteiger partial charge in [-0.25, -0.2) is 0 Å². The molecule has 0 bridgehead atoms. The first-order chi connectivity index (χ1) is 8.58. The van der Waals surface area contributed by atoms with Crippen molar-refractivity contribution in [1.82, 2.24) is 9.59 Å². The van der Waals surface area contributed by atoms with Crippen molar-refractivity contribution in [3.05, 3.63) is 34.8 Å². The van der Waals surface area contributed by atoms with Crippen molar-refractivity contribution in [2.45, 2.75) is 19.8 Å². The van der Waals surface area contributed by atoms with Gasteiger partial charge < -0.3 is 10.4 Å². The zero-order valence-corrected chi connectivity index (χ0v) is 10.9. The molecule has 0 saturated heterocycles. The van der Waals surface area contributed by atoms with Crippen LogP contribution < -0.4 is 5.32 Å². The van der Waals surface area contributed by atoms with Gasteiger partial charge in [-0.3, -0.25) is 4.79 Å². The lowest BCUT2D eigenvalue weighted by Gasteiger charge is -2.06. The molecule has 0 unspecified atom stereocenters. The minimum absolute atomic E-state index is 0.157. The molecule has 0 aliphatic heterocycles. The molecule has 94 valence electrons. The van der Waals surface area contributed by atoms with Gasteiger partial charge in [-0.1, -0.05) is 18.3 Å². The molecule has 0 fully saturated rings. The van der Waals surface area contributed by atoms with Crippen LogP contribution in [-0.2, 0) is 0 Å². The fraction of sp³-hybridized carbons (Fsp3) is 0.250. The molecule has 2 N–H and O–H groups in total. The van der Waals surface area contributed by atoms with E-state index in [4.69, 9.17) is 5.11 Å². The maximum absolute atomic E-state index is 12.0. The highest BCUT2D eigenvalue weighted by molar-refractivity contribution is 7.08. The Bertz CT molecular complexity index is 549. The van der Waals surface area contributed by atoms with E-state index in [0.717, 1.165) is 11.5 Å². The molecule has 0 radical (unpaired) electrons. The Morgan fingerprint density at radius 3 is 2.61 bits per heavy atom. The van der Waals surface area contributed by atoms with E-state index in [0.29, 0.717) is 16.3 Å². The summed E-state index contributed by atoms with van der Waals surface area (Å²) in [5.41, 5.74) is 1.33. The van der Waals surface area contributed by atoms with E-state index in [1.54, 1.807) is 12.1 Å². The number of carbonyl (C=O) groups excluding carboxylic acids is 1. The molecule has 0 aliphatic carbocycles. The van der Waals surface area contributed by atoms with Crippen LogP contribution >= 0.6 is 11.5 Å². The summed E-state index contributed by atoms with van der Waals surface area (Å²) in [6, 6.07) is 6.31. The highest BCUT2D eigenvalue weighted by Crippen LogP contribution is 2.21. The van der Waals surface area contributed by atoms with E-state index in [2.05, 4.69) is 14.9 Å². The predicted octanol–water partition coefficient (Wildman–Crippen LogP) is 2.62. The highest BCUT2D eigenvalue weighted by atomic mass is 32.1. The zero-order valence-electron chi connectivity index (χ0n) is 10.0. The Balaban J connectivity index is 2.17. The fourth-order valence-electron chi connectivity index (χ4n) is 1.47. The summed E-state index contributed by atoms with van der Waals surface area (Å²) < 4.78 is 3.81. The summed E-state index contributed by atoms with van der Waals surface area (Å²) in [5.74, 6) is 0.0963. The third-order valence-electron chi connectivity index (χ3n) is 2.39. The molecule has 0 saturated carbocycles. The molecule has 2 rings (SSSR count). The van der Waals surface area contributed by atoms with Crippen LogP contribution in [0.4, 0.5) is 5.69 Å². The van der Waals surface area contributed by atoms with Crippen molar-refractivity contribution in [2.75, 3.05) is 5.32 Å². The second kappa shape index (κ2) is 5.14. The molecule has 1 aromatic heterocycles. The first-order valence-corrected chi connectivity index (χ1v) is 6.28. The number of amides is 1. The maximum atomic E-state index is 12.0. The summed E-state index contributed by atoms with van der Waals surface area (Å²) in [7, 11) is 0. The fourth-order valence-corrected chi connectivity index (χ4v) is 2.18. The number of hydrogen-bond donors (Lipinski definition) is 2. The number of phenols is 1. The Morgan fingerprint density at radius 2 is 2.00 bits per heavy atom. The number of aromatic nitrogens is 2. The zero-order chi connectivity index (χ0) is 13.1. The van der Waals surface area contributed by atoms with Crippen molar-refractivity contribution in [2.24, 2.45) is 0 Å². The van der Waals surface area contributed by atoms with E-state index in [9.17, 15) is 4.79 Å². The molecule has 2 aromatic rings. The van der Waals surface area contributed by atoms with Crippen LogP contribution in [0.1, 0.15) is 35.1 Å². The number of carbonyl (C=O) groups is 1. The third-order valence-corrected chi connectivity index (χ3v) is 3.13. The molecule has 1 heterocycles. The molecule has 0 aliphatic rings. The van der Waals surface area contributed by atoms with Crippen LogP contribution in [0.15, 0.2) is 24.3 Å². The average Bonchev–Trinajstić information content (AvgIpc) is 2.81. The second-order valence-corrected chi connectivity index (χ2v) is 4.90. The van der Waals surface area contributed by atoms with E-state index in [-0.39, 0.29) is 17.6 Å². The molecular weight excluding hydrogens is 250 g/mol. The van der Waals surface area contributed by atoms with Gasteiger partial charge in [0, 0.05) is 5.69 Å². The summed E-state index contributed by atoms with van der Waals surface area (Å²) in [6.45, 7) is 3.93. The standard InChI is InChI=1S/C12H13N3O2S/c1-7(2)10-11(18-15-14-10)12(17)13-8-3-5-9(16)6-4-8/h3-7,16H,1-2H3,(H,13,17). The lowest BCUT2D eigenvalue weighted by atomic mass is 10.1. The largest absolute Gasteiger partial charge is 0.508 e. The van der Waals surface area contributed by atoms with Gasteiger partial charge in [-0.05, 0) is 41.7 Å². The highest BCUT2D eigenvalue weighted by Gasteiger charge is 2.18. The first kappa shape index (κ1) is 12.5. The topological polar surface area (TPSA) is 75.1 Å². The van der Waals surface area contributed by atoms with Gasteiger partial charge >= 0.3 is 0 Å². The van der Waals surface area contributed by atoms with Gasteiger partial charge in [0.25, 0.3) is 5.91 Å². The number of hydrogen-bond acceptors (Lipinski definition) is 5. The van der Waals surface area contributed by atoms with Crippen molar-refractivity contribution < 1.29 is 9.90 Å². The van der Waals surface area contributed by atoms with Crippen molar-refractivity contribution in [3.63, 3.8) is 0 Å². The number of phenolic OH excluding ortho intramolecular Hbond substituents is 1. The van der Waals surface area contributed by atoms with E-state index >= 15 is 0 Å². The Kier molecular flexibility index (Phi) is 3.57. The summed E-state index contributed by atoms with van der Waals surface area (Å²) >= 11 is 1.09. The predicted molar refractivity (Wildman–Crippen MR) is 70.1 cm³/mol. The number of anilines is 1. The molecule has 1 aromatic carbocycles. The molecule has 0 spiro atoms. The lowest BCUT2D eigenvalue weighted by molar-refractivity contribution is 0.102. The smallest absolute Gasteiger partial charge is 0.269 e. The Morgan fingerprint density at radius 1 is 1.33 bits per heavy atom. The first-order valence-electron chi connectivity index (χ1n) is 5.50. The molecule has 0 atom stereocenters. The normalized spacial score (nSPS) is 10.6. The van der Waals surface area contributed by atoms with Crippen LogP contribution in [-0.4, -0.2) is 20.6 Å². The summed E-state index contributed by atoms with van der Waals surface area (Å²) in [6.07, 6.45) is 0. The van der Waals surface area contributed by atoms with Crippen LogP contribution in [0.3, 0.4) is 0 Å². The van der Waals surface area contributed by atoms with Crippen molar-refractivity contribution in [3.8, 4) is 5.75 Å². The monoisotopic (exact) mass is 263 g/mol. The van der Waals surface area contributed by atoms with Gasteiger partial charge in [0.05, 0.1) is 5.69 Å². The quantitative estimate of drug-likeness (QED) is 0.835. The van der Waals surface area contributed by atoms with Crippen LogP contribution in [0, 0.1) is 0 Å².